The van der Waals surface area contributed by atoms with Crippen molar-refractivity contribution in [3.63, 3.8) is 0 Å². The molecule has 8 nitrogen and oxygen atoms in total. The Morgan fingerprint density at radius 3 is 2.49 bits per heavy atom. The molecule has 222 valence electrons. The second-order valence-corrected chi connectivity index (χ2v) is 12.4. The zero-order chi connectivity index (χ0) is 29.6. The molecule has 3 amide bonds. The van der Waals surface area contributed by atoms with Crippen LogP contribution in [0.2, 0.25) is 0 Å². The van der Waals surface area contributed by atoms with Crippen LogP contribution in [0.4, 0.5) is 19.7 Å². The number of hydrogen-bond donors (Lipinski definition) is 2. The van der Waals surface area contributed by atoms with Crippen LogP contribution in [0.5, 0.6) is 0 Å². The fourth-order valence-corrected chi connectivity index (χ4v) is 5.82. The molecule has 0 radical (unpaired) electrons. The van der Waals surface area contributed by atoms with Crippen LogP contribution in [-0.2, 0) is 11.2 Å². The molecule has 2 N–H and O–H groups in total. The molecule has 41 heavy (non-hydrogen) atoms. The molecule has 0 spiro atoms. The lowest BCUT2D eigenvalue weighted by atomic mass is 9.88. The lowest BCUT2D eigenvalue weighted by molar-refractivity contribution is 0.00959. The van der Waals surface area contributed by atoms with Crippen molar-refractivity contribution in [2.75, 3.05) is 38.0 Å². The lowest BCUT2D eigenvalue weighted by Gasteiger charge is -2.42. The second kappa shape index (κ2) is 13.5. The van der Waals surface area contributed by atoms with Crippen LogP contribution in [0.15, 0.2) is 48.5 Å². The van der Waals surface area contributed by atoms with Gasteiger partial charge in [-0.3, -0.25) is 4.79 Å². The monoisotopic (exact) mass is 566 g/mol. The van der Waals surface area contributed by atoms with Crippen molar-refractivity contribution in [1.29, 1.82) is 0 Å². The van der Waals surface area contributed by atoms with Gasteiger partial charge in [0.1, 0.15) is 11.4 Å². The molecule has 0 saturated carbocycles. The summed E-state index contributed by atoms with van der Waals surface area (Å²) in [6.07, 6.45) is 3.36. The molecular formula is C32H43FN4O4. The third-order valence-electron chi connectivity index (χ3n) is 7.76. The number of nitrogens with zero attached hydrogens (tertiary/aromatic N) is 2. The Hall–Kier alpha value is -3.46. The van der Waals surface area contributed by atoms with Gasteiger partial charge in [0.15, 0.2) is 5.78 Å². The molecule has 2 saturated heterocycles. The fraction of sp³-hybridized carbons (Fsp3) is 0.531. The van der Waals surface area contributed by atoms with E-state index in [1.165, 1.54) is 19.1 Å². The van der Waals surface area contributed by atoms with Crippen molar-refractivity contribution in [3.05, 3.63) is 65.5 Å². The number of Topliss-reactive ketones (excluding diaryl/α,β-unsaturated/α-hetero) is 1. The Kier molecular flexibility index (Phi) is 10.0. The highest BCUT2D eigenvalue weighted by Gasteiger charge is 2.36. The van der Waals surface area contributed by atoms with Crippen LogP contribution >= 0.6 is 0 Å². The SMILES string of the molecule is CC(=O)c1cccc(NC(=O)N[C@H]2CCN(C(=O)OC(C)(C)C)C[C@H]2CN2CCC[C@@H](Cc3ccc(F)cc3)C2)c1. The standard InChI is InChI=1S/C32H43FN4O4/c1-22(38)25-8-5-9-28(18-25)34-30(39)35-29-14-16-37(31(40)41-32(2,3)4)21-26(29)20-36-15-6-7-24(19-36)17-23-10-12-27(33)13-11-23/h5,8-13,18,24,26,29H,6-7,14-17,19-21H2,1-4H3,(H2,34,35,39)/t24-,26+,29-/m0/s1. The van der Waals surface area contributed by atoms with E-state index in [-0.39, 0.29) is 35.7 Å². The Morgan fingerprint density at radius 1 is 1.02 bits per heavy atom. The van der Waals surface area contributed by atoms with Gasteiger partial charge in [-0.1, -0.05) is 24.3 Å². The summed E-state index contributed by atoms with van der Waals surface area (Å²) in [6, 6.07) is 13.2. The number of ketones is 1. The van der Waals surface area contributed by atoms with E-state index in [0.717, 1.165) is 44.5 Å². The molecule has 0 aromatic heterocycles. The minimum Gasteiger partial charge on any atom is -0.444 e. The van der Waals surface area contributed by atoms with Crippen molar-refractivity contribution in [2.24, 2.45) is 11.8 Å². The van der Waals surface area contributed by atoms with Gasteiger partial charge in [-0.2, -0.15) is 0 Å². The number of anilines is 1. The van der Waals surface area contributed by atoms with E-state index in [1.807, 2.05) is 32.9 Å². The van der Waals surface area contributed by atoms with Crippen molar-refractivity contribution in [3.8, 4) is 0 Å². The summed E-state index contributed by atoms with van der Waals surface area (Å²) in [4.78, 5) is 41.9. The molecule has 4 rings (SSSR count). The summed E-state index contributed by atoms with van der Waals surface area (Å²) >= 11 is 0. The normalized spacial score (nSPS) is 21.7. The number of halogens is 1. The number of carbonyl (C=O) groups is 3. The van der Waals surface area contributed by atoms with E-state index < -0.39 is 5.60 Å². The molecule has 2 aliphatic heterocycles. The van der Waals surface area contributed by atoms with E-state index in [1.54, 1.807) is 29.2 Å². The van der Waals surface area contributed by atoms with Gasteiger partial charge in [0.05, 0.1) is 0 Å². The maximum atomic E-state index is 13.4. The summed E-state index contributed by atoms with van der Waals surface area (Å²) in [7, 11) is 0. The van der Waals surface area contributed by atoms with E-state index in [0.29, 0.717) is 36.7 Å². The summed E-state index contributed by atoms with van der Waals surface area (Å²) in [6.45, 7) is 10.7. The molecular weight excluding hydrogens is 523 g/mol. The van der Waals surface area contributed by atoms with Crippen molar-refractivity contribution < 1.29 is 23.5 Å². The average Bonchev–Trinajstić information content (AvgIpc) is 2.90. The molecule has 0 aliphatic carbocycles. The number of hydrogen-bond acceptors (Lipinski definition) is 5. The number of rotatable bonds is 7. The summed E-state index contributed by atoms with van der Waals surface area (Å²) in [5, 5.41) is 6.01. The molecule has 3 atom stereocenters. The first-order valence-corrected chi connectivity index (χ1v) is 14.6. The van der Waals surface area contributed by atoms with Gasteiger partial charge in [0.2, 0.25) is 0 Å². The minimum absolute atomic E-state index is 0.00939. The van der Waals surface area contributed by atoms with E-state index in [4.69, 9.17) is 4.74 Å². The molecule has 2 heterocycles. The van der Waals surface area contributed by atoms with Gasteiger partial charge in [-0.05, 0) is 95.7 Å². The topological polar surface area (TPSA) is 91.0 Å². The summed E-state index contributed by atoms with van der Waals surface area (Å²) in [5.74, 6) is 0.182. The Morgan fingerprint density at radius 2 is 1.78 bits per heavy atom. The van der Waals surface area contributed by atoms with Crippen LogP contribution < -0.4 is 10.6 Å². The number of nitrogens with one attached hydrogen (secondary N) is 2. The zero-order valence-corrected chi connectivity index (χ0v) is 24.6. The lowest BCUT2D eigenvalue weighted by Crippen LogP contribution is -2.57. The van der Waals surface area contributed by atoms with Crippen LogP contribution in [0.25, 0.3) is 0 Å². The number of piperidine rings is 2. The van der Waals surface area contributed by atoms with Crippen LogP contribution in [0, 0.1) is 17.7 Å². The number of benzene rings is 2. The Bertz CT molecular complexity index is 1210. The highest BCUT2D eigenvalue weighted by atomic mass is 19.1. The van der Waals surface area contributed by atoms with Crippen LogP contribution in [0.1, 0.15) is 62.9 Å². The number of likely N-dealkylation sites (tertiary alicyclic amines) is 2. The van der Waals surface area contributed by atoms with Gasteiger partial charge in [-0.25, -0.2) is 14.0 Å². The smallest absolute Gasteiger partial charge is 0.410 e. The van der Waals surface area contributed by atoms with Gasteiger partial charge >= 0.3 is 12.1 Å². The Balaban J connectivity index is 1.42. The number of amides is 3. The predicted molar refractivity (Wildman–Crippen MR) is 158 cm³/mol. The predicted octanol–water partition coefficient (Wildman–Crippen LogP) is 5.73. The van der Waals surface area contributed by atoms with Crippen molar-refractivity contribution in [1.82, 2.24) is 15.1 Å². The maximum Gasteiger partial charge on any atom is 0.410 e. The van der Waals surface area contributed by atoms with E-state index >= 15 is 0 Å². The van der Waals surface area contributed by atoms with Gasteiger partial charge in [0.25, 0.3) is 0 Å². The summed E-state index contributed by atoms with van der Waals surface area (Å²) in [5.41, 5.74) is 1.64. The first-order chi connectivity index (χ1) is 19.4. The highest BCUT2D eigenvalue weighted by Crippen LogP contribution is 2.26. The molecule has 2 fully saturated rings. The molecule has 2 aromatic rings. The summed E-state index contributed by atoms with van der Waals surface area (Å²) < 4.78 is 19.0. The third-order valence-corrected chi connectivity index (χ3v) is 7.76. The van der Waals surface area contributed by atoms with E-state index in [9.17, 15) is 18.8 Å². The first-order valence-electron chi connectivity index (χ1n) is 14.6. The van der Waals surface area contributed by atoms with Crippen LogP contribution in [-0.4, -0.2) is 72.1 Å². The van der Waals surface area contributed by atoms with Gasteiger partial charge in [0, 0.05) is 49.4 Å². The number of ether oxygens (including phenoxy) is 1. The van der Waals surface area contributed by atoms with E-state index in [2.05, 4.69) is 15.5 Å². The largest absolute Gasteiger partial charge is 0.444 e. The van der Waals surface area contributed by atoms with Crippen LogP contribution in [0.3, 0.4) is 0 Å². The average molecular weight is 567 g/mol. The molecule has 0 bridgehead atoms. The van der Waals surface area contributed by atoms with Gasteiger partial charge in [-0.15, -0.1) is 0 Å². The van der Waals surface area contributed by atoms with Crippen molar-refractivity contribution >= 4 is 23.6 Å². The molecule has 0 unspecified atom stereocenters. The minimum atomic E-state index is -0.587. The second-order valence-electron chi connectivity index (χ2n) is 12.4. The number of carbonyl (C=O) groups excluding carboxylic acids is 3. The first kappa shape index (κ1) is 30.5. The number of urea groups is 1. The van der Waals surface area contributed by atoms with Gasteiger partial charge < -0.3 is 25.2 Å². The zero-order valence-electron chi connectivity index (χ0n) is 24.6. The molecule has 9 heteroatoms. The molecule has 2 aromatic carbocycles. The maximum absolute atomic E-state index is 13.4. The third kappa shape index (κ3) is 9.28. The fourth-order valence-electron chi connectivity index (χ4n) is 5.82. The Labute approximate surface area is 242 Å². The quantitative estimate of drug-likeness (QED) is 0.418. The highest BCUT2D eigenvalue weighted by molar-refractivity contribution is 5.96. The molecule has 2 aliphatic rings. The van der Waals surface area contributed by atoms with Crippen molar-refractivity contribution in [2.45, 2.75) is 65.0 Å².